The normalized spacial score (nSPS) is 18.0. The molecule has 2 rings (SSSR count). The average Bonchev–Trinajstić information content (AvgIpc) is 2.53. The highest BCUT2D eigenvalue weighted by molar-refractivity contribution is 7.86. The first-order valence-corrected chi connectivity index (χ1v) is 8.94. The summed E-state index contributed by atoms with van der Waals surface area (Å²) in [7, 11) is -3.87. The lowest BCUT2D eigenvalue weighted by Gasteiger charge is -2.25. The number of rotatable bonds is 7. The van der Waals surface area contributed by atoms with E-state index in [2.05, 4.69) is 5.18 Å². The minimum absolute atomic E-state index is 0.0125. The van der Waals surface area contributed by atoms with Crippen LogP contribution in [0.25, 0.3) is 0 Å². The number of hydrogen-bond acceptors (Lipinski definition) is 6. The molecule has 6 nitrogen and oxygen atoms in total. The number of phenolic OH excluding ortho intramolecular Hbond substituents is 1. The van der Waals surface area contributed by atoms with Gasteiger partial charge in [-0.1, -0.05) is 24.4 Å². The Balaban J connectivity index is 1.88. The molecule has 1 fully saturated rings. The molecule has 122 valence electrons. The molecule has 1 unspecified atom stereocenters. The van der Waals surface area contributed by atoms with E-state index in [1.165, 1.54) is 30.7 Å². The summed E-state index contributed by atoms with van der Waals surface area (Å²) < 4.78 is 28.9. The lowest BCUT2D eigenvalue weighted by atomic mass is 9.83. The fourth-order valence-electron chi connectivity index (χ4n) is 2.85. The van der Waals surface area contributed by atoms with Gasteiger partial charge >= 0.3 is 0 Å². The van der Waals surface area contributed by atoms with Crippen molar-refractivity contribution < 1.29 is 17.7 Å². The highest BCUT2D eigenvalue weighted by Gasteiger charge is 2.25. The number of aromatic hydroxyl groups is 1. The Morgan fingerprint density at radius 2 is 1.82 bits per heavy atom. The maximum absolute atomic E-state index is 12.0. The van der Waals surface area contributed by atoms with Gasteiger partial charge in [-0.15, -0.1) is 0 Å². The maximum Gasteiger partial charge on any atom is 0.296 e. The number of nitrogens with zero attached hydrogens (tertiary/aromatic N) is 1. The second kappa shape index (κ2) is 7.69. The molecule has 1 aromatic carbocycles. The first kappa shape index (κ1) is 16.9. The highest BCUT2D eigenvalue weighted by atomic mass is 32.2. The summed E-state index contributed by atoms with van der Waals surface area (Å²) in [6.07, 6.45) is 5.65. The zero-order valence-corrected chi connectivity index (χ0v) is 13.2. The van der Waals surface area contributed by atoms with Gasteiger partial charge in [-0.25, -0.2) is 0 Å². The van der Waals surface area contributed by atoms with Gasteiger partial charge in [-0.2, -0.15) is 13.3 Å². The summed E-state index contributed by atoms with van der Waals surface area (Å²) in [5.41, 5.74) is 0. The van der Waals surface area contributed by atoms with E-state index in [0.717, 1.165) is 25.7 Å². The Morgan fingerprint density at radius 3 is 2.41 bits per heavy atom. The molecule has 1 aromatic rings. The molecule has 0 spiro atoms. The molecule has 0 aliphatic heterocycles. The van der Waals surface area contributed by atoms with Crippen LogP contribution in [0.1, 0.15) is 38.5 Å². The van der Waals surface area contributed by atoms with Crippen molar-refractivity contribution in [2.24, 2.45) is 11.1 Å². The van der Waals surface area contributed by atoms with Crippen LogP contribution in [0.5, 0.6) is 5.75 Å². The predicted molar refractivity (Wildman–Crippen MR) is 82.0 cm³/mol. The third-order valence-corrected chi connectivity index (χ3v) is 5.43. The molecule has 22 heavy (non-hydrogen) atoms. The first-order chi connectivity index (χ1) is 10.5. The summed E-state index contributed by atoms with van der Waals surface area (Å²) in [6, 6.07) is 4.75. The van der Waals surface area contributed by atoms with Crippen molar-refractivity contribution in [3.8, 4) is 5.75 Å². The Bertz CT molecular complexity index is 578. The third kappa shape index (κ3) is 4.51. The summed E-state index contributed by atoms with van der Waals surface area (Å²) >= 11 is 0. The number of benzene rings is 1. The largest absolute Gasteiger partial charge is 0.508 e. The van der Waals surface area contributed by atoms with Crippen molar-refractivity contribution in [2.75, 3.05) is 6.61 Å². The van der Waals surface area contributed by atoms with E-state index in [9.17, 15) is 13.3 Å². The van der Waals surface area contributed by atoms with Gasteiger partial charge in [-0.05, 0) is 49.4 Å². The van der Waals surface area contributed by atoms with Gasteiger partial charge < -0.3 is 5.11 Å². The number of hydrogen-bond donors (Lipinski definition) is 1. The molecule has 0 bridgehead atoms. The van der Waals surface area contributed by atoms with Gasteiger partial charge in [0.2, 0.25) is 0 Å². The van der Waals surface area contributed by atoms with Crippen LogP contribution in [0.2, 0.25) is 0 Å². The molecular weight excluding hydrogens is 306 g/mol. The molecule has 0 amide bonds. The van der Waals surface area contributed by atoms with Crippen molar-refractivity contribution in [2.45, 2.75) is 49.5 Å². The molecule has 0 saturated heterocycles. The average molecular weight is 327 g/mol. The topological polar surface area (TPSA) is 93.0 Å². The zero-order valence-electron chi connectivity index (χ0n) is 12.3. The van der Waals surface area contributed by atoms with Crippen molar-refractivity contribution in [1.82, 2.24) is 0 Å². The van der Waals surface area contributed by atoms with Gasteiger partial charge in [-0.3, -0.25) is 4.18 Å². The van der Waals surface area contributed by atoms with E-state index < -0.39 is 10.1 Å². The third-order valence-electron chi connectivity index (χ3n) is 4.11. The molecule has 1 aliphatic rings. The van der Waals surface area contributed by atoms with Crippen LogP contribution in [-0.4, -0.2) is 26.2 Å². The molecule has 7 heteroatoms. The maximum atomic E-state index is 12.0. The van der Waals surface area contributed by atoms with Crippen LogP contribution in [0.4, 0.5) is 0 Å². The van der Waals surface area contributed by atoms with Gasteiger partial charge in [0.1, 0.15) is 5.75 Å². The summed E-state index contributed by atoms with van der Waals surface area (Å²) in [5.74, 6) is 0.229. The number of nitroso groups, excluding NO2 is 1. The second-order valence-electron chi connectivity index (χ2n) is 5.63. The van der Waals surface area contributed by atoms with E-state index in [4.69, 9.17) is 9.29 Å². The molecule has 0 radical (unpaired) electrons. The molecule has 1 aliphatic carbocycles. The summed E-state index contributed by atoms with van der Waals surface area (Å²) in [4.78, 5) is 11.0. The quantitative estimate of drug-likeness (QED) is 0.613. The van der Waals surface area contributed by atoms with E-state index in [1.54, 1.807) is 0 Å². The van der Waals surface area contributed by atoms with Crippen LogP contribution in [0.15, 0.2) is 34.3 Å². The van der Waals surface area contributed by atoms with Gasteiger partial charge in [0.25, 0.3) is 10.1 Å². The molecule has 0 heterocycles. The fraction of sp³-hybridized carbons (Fsp3) is 0.600. The van der Waals surface area contributed by atoms with Crippen LogP contribution >= 0.6 is 0 Å². The van der Waals surface area contributed by atoms with E-state index in [0.29, 0.717) is 6.42 Å². The van der Waals surface area contributed by atoms with Crippen LogP contribution in [0, 0.1) is 10.8 Å². The molecule has 1 saturated carbocycles. The van der Waals surface area contributed by atoms with Crippen molar-refractivity contribution in [1.29, 1.82) is 0 Å². The Hall–Kier alpha value is -1.47. The van der Waals surface area contributed by atoms with Crippen LogP contribution in [0.3, 0.4) is 0 Å². The highest BCUT2D eigenvalue weighted by Crippen LogP contribution is 2.29. The minimum Gasteiger partial charge on any atom is -0.508 e. The van der Waals surface area contributed by atoms with Crippen molar-refractivity contribution in [3.05, 3.63) is 29.2 Å². The summed E-state index contributed by atoms with van der Waals surface area (Å²) in [6.45, 7) is -0.0594. The van der Waals surface area contributed by atoms with E-state index in [-0.39, 0.29) is 29.2 Å². The Kier molecular flexibility index (Phi) is 5.90. The smallest absolute Gasteiger partial charge is 0.296 e. The molecule has 1 N–H and O–H groups in total. The fourth-order valence-corrected chi connectivity index (χ4v) is 3.77. The van der Waals surface area contributed by atoms with E-state index >= 15 is 0 Å². The number of phenols is 1. The van der Waals surface area contributed by atoms with Gasteiger partial charge in [0.05, 0.1) is 17.5 Å². The second-order valence-corrected chi connectivity index (χ2v) is 7.24. The zero-order chi connectivity index (χ0) is 16.0. The van der Waals surface area contributed by atoms with E-state index in [1.807, 2.05) is 0 Å². The predicted octanol–water partition coefficient (Wildman–Crippen LogP) is 3.20. The molecular formula is C15H21NO5S. The van der Waals surface area contributed by atoms with Gasteiger partial charge in [0.15, 0.2) is 0 Å². The summed E-state index contributed by atoms with van der Waals surface area (Å²) in [5, 5.41) is 12.3. The lowest BCUT2D eigenvalue weighted by molar-refractivity contribution is 0.246. The first-order valence-electron chi connectivity index (χ1n) is 7.54. The SMILES string of the molecule is O=NC(CCOS(=O)(=O)c1ccc(O)cc1)C1CCCCC1. The minimum atomic E-state index is -3.87. The van der Waals surface area contributed by atoms with Crippen LogP contribution < -0.4 is 0 Å². The molecule has 1 atom stereocenters. The van der Waals surface area contributed by atoms with Crippen molar-refractivity contribution in [3.63, 3.8) is 0 Å². The standard InChI is InChI=1S/C15H21NO5S/c17-13-6-8-14(9-7-13)22(19,20)21-11-10-15(16-18)12-4-2-1-3-5-12/h6-9,12,15,17H,1-5,10-11H2. The lowest BCUT2D eigenvalue weighted by Crippen LogP contribution is -2.23. The monoisotopic (exact) mass is 327 g/mol. The Labute approximate surface area is 130 Å². The van der Waals surface area contributed by atoms with Gasteiger partial charge in [0, 0.05) is 0 Å². The Morgan fingerprint density at radius 1 is 1.18 bits per heavy atom. The van der Waals surface area contributed by atoms with Crippen LogP contribution in [-0.2, 0) is 14.3 Å². The molecule has 0 aromatic heterocycles. The van der Waals surface area contributed by atoms with Crippen molar-refractivity contribution >= 4 is 10.1 Å².